The van der Waals surface area contributed by atoms with E-state index in [0.717, 1.165) is 43.4 Å². The molecule has 2 aromatic heterocycles. The third kappa shape index (κ3) is 3.97. The standard InChI is InChI=1S/C23H26N4O3S/c28-23(18-7-11-21(12-8-18)31(29,30)25-13-3-1-4-14-25)27(19-9-10-19)17-20-16-24-22-6-2-5-15-26(20)22/h2,5-8,11-12,15-16,19H,1,3-4,9-10,13-14,17H2. The molecule has 5 rings (SSSR count). The number of hydrogen-bond donors (Lipinski definition) is 0. The first-order chi connectivity index (χ1) is 15.0. The molecular formula is C23H26N4O3S. The molecular weight excluding hydrogens is 412 g/mol. The van der Waals surface area contributed by atoms with Gasteiger partial charge in [-0.1, -0.05) is 12.5 Å². The second-order valence-corrected chi connectivity index (χ2v) is 10.3. The molecule has 162 valence electrons. The number of amides is 1. The number of piperidine rings is 1. The quantitative estimate of drug-likeness (QED) is 0.592. The molecule has 3 aromatic rings. The number of pyridine rings is 1. The Bertz CT molecular complexity index is 1190. The van der Waals surface area contributed by atoms with Crippen LogP contribution in [0.25, 0.3) is 5.65 Å². The maximum atomic E-state index is 13.3. The van der Waals surface area contributed by atoms with E-state index in [2.05, 4.69) is 4.98 Å². The van der Waals surface area contributed by atoms with Gasteiger partial charge in [-0.05, 0) is 62.1 Å². The zero-order chi connectivity index (χ0) is 21.4. The van der Waals surface area contributed by atoms with Gasteiger partial charge >= 0.3 is 0 Å². The molecule has 1 saturated heterocycles. The van der Waals surface area contributed by atoms with Gasteiger partial charge in [-0.15, -0.1) is 0 Å². The molecule has 0 atom stereocenters. The average Bonchev–Trinajstić information content (AvgIpc) is 3.58. The topological polar surface area (TPSA) is 75.0 Å². The minimum atomic E-state index is -3.50. The van der Waals surface area contributed by atoms with Crippen LogP contribution in [0.4, 0.5) is 0 Å². The number of aromatic nitrogens is 2. The Labute approximate surface area is 182 Å². The van der Waals surface area contributed by atoms with Crippen molar-refractivity contribution in [3.63, 3.8) is 0 Å². The number of carbonyl (C=O) groups is 1. The summed E-state index contributed by atoms with van der Waals surface area (Å²) in [5.74, 6) is -0.0738. The van der Waals surface area contributed by atoms with Gasteiger partial charge in [-0.2, -0.15) is 4.31 Å². The van der Waals surface area contributed by atoms with E-state index in [-0.39, 0.29) is 16.8 Å². The summed E-state index contributed by atoms with van der Waals surface area (Å²) in [6.45, 7) is 1.61. The molecule has 1 aliphatic carbocycles. The SMILES string of the molecule is O=C(c1ccc(S(=O)(=O)N2CCCCC2)cc1)N(Cc1cnc2ccccn12)C1CC1. The van der Waals surface area contributed by atoms with Crippen LogP contribution in [0.3, 0.4) is 0 Å². The van der Waals surface area contributed by atoms with Crippen molar-refractivity contribution in [2.45, 2.75) is 49.6 Å². The summed E-state index contributed by atoms with van der Waals surface area (Å²) >= 11 is 0. The highest BCUT2D eigenvalue weighted by molar-refractivity contribution is 7.89. The number of benzene rings is 1. The van der Waals surface area contributed by atoms with Crippen LogP contribution in [-0.2, 0) is 16.6 Å². The van der Waals surface area contributed by atoms with Crippen molar-refractivity contribution in [3.8, 4) is 0 Å². The minimum absolute atomic E-state index is 0.0738. The van der Waals surface area contributed by atoms with Crippen LogP contribution in [0.1, 0.15) is 48.2 Å². The fourth-order valence-electron chi connectivity index (χ4n) is 4.22. The molecule has 2 aliphatic rings. The number of imidazole rings is 1. The van der Waals surface area contributed by atoms with E-state index in [1.165, 1.54) is 0 Å². The normalized spacial score (nSPS) is 17.7. The van der Waals surface area contributed by atoms with Crippen molar-refractivity contribution < 1.29 is 13.2 Å². The lowest BCUT2D eigenvalue weighted by atomic mass is 10.2. The Balaban J connectivity index is 1.36. The molecule has 2 fully saturated rings. The molecule has 31 heavy (non-hydrogen) atoms. The average molecular weight is 439 g/mol. The summed E-state index contributed by atoms with van der Waals surface area (Å²) in [5.41, 5.74) is 2.33. The number of fused-ring (bicyclic) bond motifs is 1. The van der Waals surface area contributed by atoms with Crippen LogP contribution in [0.2, 0.25) is 0 Å². The molecule has 8 heteroatoms. The maximum Gasteiger partial charge on any atom is 0.254 e. The highest BCUT2D eigenvalue weighted by atomic mass is 32.2. The summed E-state index contributed by atoms with van der Waals surface area (Å²) < 4.78 is 29.3. The first kappa shape index (κ1) is 20.2. The first-order valence-corrected chi connectivity index (χ1v) is 12.3. The fraction of sp³-hybridized carbons (Fsp3) is 0.391. The van der Waals surface area contributed by atoms with Gasteiger partial charge < -0.3 is 9.30 Å². The highest BCUT2D eigenvalue weighted by Gasteiger charge is 2.34. The molecule has 0 bridgehead atoms. The van der Waals surface area contributed by atoms with E-state index < -0.39 is 10.0 Å². The van der Waals surface area contributed by atoms with E-state index in [1.54, 1.807) is 28.6 Å². The van der Waals surface area contributed by atoms with Crippen molar-refractivity contribution in [1.82, 2.24) is 18.6 Å². The molecule has 1 saturated carbocycles. The molecule has 7 nitrogen and oxygen atoms in total. The van der Waals surface area contributed by atoms with Gasteiger partial charge in [0.2, 0.25) is 10.0 Å². The second-order valence-electron chi connectivity index (χ2n) is 8.33. The number of hydrogen-bond acceptors (Lipinski definition) is 4. The first-order valence-electron chi connectivity index (χ1n) is 10.9. The number of nitrogens with zero attached hydrogens (tertiary/aromatic N) is 4. The van der Waals surface area contributed by atoms with Crippen LogP contribution in [-0.4, -0.2) is 52.0 Å². The Morgan fingerprint density at radius 3 is 2.48 bits per heavy atom. The van der Waals surface area contributed by atoms with E-state index in [9.17, 15) is 13.2 Å². The molecule has 1 amide bonds. The summed E-state index contributed by atoms with van der Waals surface area (Å²) in [6, 6.07) is 12.5. The minimum Gasteiger partial charge on any atom is -0.330 e. The Kier molecular flexibility index (Phi) is 5.27. The van der Waals surface area contributed by atoms with Gasteiger partial charge in [-0.3, -0.25) is 4.79 Å². The van der Waals surface area contributed by atoms with Gasteiger partial charge in [0.15, 0.2) is 0 Å². The number of carbonyl (C=O) groups excluding carboxylic acids is 1. The van der Waals surface area contributed by atoms with Crippen molar-refractivity contribution >= 4 is 21.6 Å². The van der Waals surface area contributed by atoms with E-state index in [1.807, 2.05) is 39.9 Å². The summed E-state index contributed by atoms with van der Waals surface area (Å²) in [6.07, 6.45) is 8.61. The summed E-state index contributed by atoms with van der Waals surface area (Å²) in [4.78, 5) is 19.8. The summed E-state index contributed by atoms with van der Waals surface area (Å²) in [7, 11) is -3.50. The van der Waals surface area contributed by atoms with E-state index in [4.69, 9.17) is 0 Å². The number of sulfonamides is 1. The Hall–Kier alpha value is -2.71. The molecule has 0 unspecified atom stereocenters. The van der Waals surface area contributed by atoms with Crippen LogP contribution in [0, 0.1) is 0 Å². The molecule has 0 radical (unpaired) electrons. The molecule has 1 aromatic carbocycles. The van der Waals surface area contributed by atoms with Crippen molar-refractivity contribution in [2.24, 2.45) is 0 Å². The van der Waals surface area contributed by atoms with Crippen LogP contribution in [0.5, 0.6) is 0 Å². The third-order valence-electron chi connectivity index (χ3n) is 6.13. The van der Waals surface area contributed by atoms with Crippen molar-refractivity contribution in [1.29, 1.82) is 0 Å². The lowest BCUT2D eigenvalue weighted by Crippen LogP contribution is -2.35. The predicted molar refractivity (Wildman–Crippen MR) is 117 cm³/mol. The lowest BCUT2D eigenvalue weighted by molar-refractivity contribution is 0.0727. The third-order valence-corrected chi connectivity index (χ3v) is 8.04. The Morgan fingerprint density at radius 2 is 1.77 bits per heavy atom. The van der Waals surface area contributed by atoms with Crippen molar-refractivity contribution in [3.05, 3.63) is 66.1 Å². The fourth-order valence-corrected chi connectivity index (χ4v) is 5.74. The van der Waals surface area contributed by atoms with Crippen LogP contribution >= 0.6 is 0 Å². The smallest absolute Gasteiger partial charge is 0.254 e. The Morgan fingerprint density at radius 1 is 1.03 bits per heavy atom. The largest absolute Gasteiger partial charge is 0.330 e. The van der Waals surface area contributed by atoms with Gasteiger partial charge in [0.05, 0.1) is 23.3 Å². The predicted octanol–water partition coefficient (Wildman–Crippen LogP) is 3.31. The van der Waals surface area contributed by atoms with Crippen LogP contribution in [0.15, 0.2) is 59.8 Å². The van der Waals surface area contributed by atoms with Gasteiger partial charge in [0, 0.05) is 30.9 Å². The molecule has 0 N–H and O–H groups in total. The van der Waals surface area contributed by atoms with Gasteiger partial charge in [0.25, 0.3) is 5.91 Å². The van der Waals surface area contributed by atoms with Gasteiger partial charge in [0.1, 0.15) is 5.65 Å². The van der Waals surface area contributed by atoms with Crippen molar-refractivity contribution in [2.75, 3.05) is 13.1 Å². The summed E-state index contributed by atoms with van der Waals surface area (Å²) in [5, 5.41) is 0. The van der Waals surface area contributed by atoms with Gasteiger partial charge in [-0.25, -0.2) is 13.4 Å². The van der Waals surface area contributed by atoms with E-state index >= 15 is 0 Å². The molecule has 1 aliphatic heterocycles. The maximum absolute atomic E-state index is 13.3. The monoisotopic (exact) mass is 438 g/mol. The molecule has 3 heterocycles. The zero-order valence-corrected chi connectivity index (χ0v) is 18.2. The highest BCUT2D eigenvalue weighted by Crippen LogP contribution is 2.30. The zero-order valence-electron chi connectivity index (χ0n) is 17.4. The van der Waals surface area contributed by atoms with Crippen LogP contribution < -0.4 is 0 Å². The second kappa shape index (κ2) is 8.09. The number of rotatable bonds is 6. The lowest BCUT2D eigenvalue weighted by Gasteiger charge is -2.26. The molecule has 0 spiro atoms. The van der Waals surface area contributed by atoms with E-state index in [0.29, 0.717) is 25.2 Å².